The molecule has 0 amide bonds. The summed E-state index contributed by atoms with van der Waals surface area (Å²) in [7, 11) is 0. The zero-order valence-corrected chi connectivity index (χ0v) is 12.3. The molecule has 2 N–H and O–H groups in total. The molecule has 1 rings (SSSR count). The summed E-state index contributed by atoms with van der Waals surface area (Å²) in [4.78, 5) is 1.25. The zero-order chi connectivity index (χ0) is 16.2. The van der Waals surface area contributed by atoms with Gasteiger partial charge in [-0.05, 0) is 31.3 Å². The lowest BCUT2D eigenvalue weighted by Gasteiger charge is -2.23. The number of alkyl halides is 3. The van der Waals surface area contributed by atoms with Crippen LogP contribution in [0.15, 0.2) is 29.3 Å². The molecule has 0 aliphatic rings. The molecule has 9 heteroatoms. The lowest BCUT2D eigenvalue weighted by Crippen LogP contribution is -2.36. The van der Waals surface area contributed by atoms with Crippen LogP contribution in [-0.2, 0) is 0 Å². The first-order valence-electron chi connectivity index (χ1n) is 5.57. The van der Waals surface area contributed by atoms with Crippen molar-refractivity contribution in [3.63, 3.8) is 0 Å². The van der Waals surface area contributed by atoms with Crippen molar-refractivity contribution in [2.75, 3.05) is 11.4 Å². The smallest absolute Gasteiger partial charge is 0.403 e. The number of rotatable bonds is 4. The summed E-state index contributed by atoms with van der Waals surface area (Å²) in [6.07, 6.45) is -3.43. The average Bonchev–Trinajstić information content (AvgIpc) is 2.36. The van der Waals surface area contributed by atoms with Crippen LogP contribution < -0.4 is 15.4 Å². The van der Waals surface area contributed by atoms with Crippen LogP contribution >= 0.6 is 23.8 Å². The van der Waals surface area contributed by atoms with E-state index in [9.17, 15) is 17.6 Å². The molecule has 0 fully saturated rings. The van der Waals surface area contributed by atoms with Gasteiger partial charge < -0.3 is 15.4 Å². The summed E-state index contributed by atoms with van der Waals surface area (Å²) < 4.78 is 53.5. The van der Waals surface area contributed by atoms with E-state index in [-0.39, 0.29) is 17.3 Å². The second-order valence-corrected chi connectivity index (χ2v) is 4.73. The Balaban J connectivity index is 3.16. The molecule has 1 aromatic carbocycles. The molecule has 1 aromatic rings. The Labute approximate surface area is 128 Å². The molecule has 0 aliphatic carbocycles. The van der Waals surface area contributed by atoms with Gasteiger partial charge in [-0.15, -0.1) is 13.2 Å². The number of benzene rings is 1. The molecule has 0 spiro atoms. The SMILES string of the molecule is CC=C(Cl)CN(C(N)=S)c1ccc(F)c(OC(F)(F)F)c1. The highest BCUT2D eigenvalue weighted by Crippen LogP contribution is 2.30. The minimum absolute atomic E-state index is 0.0461. The number of nitrogens with zero attached hydrogens (tertiary/aromatic N) is 1. The minimum atomic E-state index is -5.01. The van der Waals surface area contributed by atoms with Crippen LogP contribution in [0.3, 0.4) is 0 Å². The summed E-state index contributed by atoms with van der Waals surface area (Å²) in [6.45, 7) is 1.72. The van der Waals surface area contributed by atoms with Crippen molar-refractivity contribution in [2.24, 2.45) is 5.73 Å². The van der Waals surface area contributed by atoms with E-state index in [1.165, 1.54) is 11.0 Å². The first kappa shape index (κ1) is 17.5. The van der Waals surface area contributed by atoms with Crippen molar-refractivity contribution < 1.29 is 22.3 Å². The molecule has 0 aromatic heterocycles. The normalized spacial score (nSPS) is 12.2. The summed E-state index contributed by atoms with van der Waals surface area (Å²) >= 11 is 10.7. The Morgan fingerprint density at radius 2 is 2.10 bits per heavy atom. The number of allylic oxidation sites excluding steroid dienone is 1. The van der Waals surface area contributed by atoms with Crippen molar-refractivity contribution in [1.82, 2.24) is 0 Å². The van der Waals surface area contributed by atoms with Gasteiger partial charge in [-0.25, -0.2) is 4.39 Å². The highest BCUT2D eigenvalue weighted by Gasteiger charge is 2.32. The third-order valence-corrected chi connectivity index (χ3v) is 2.90. The lowest BCUT2D eigenvalue weighted by molar-refractivity contribution is -0.275. The van der Waals surface area contributed by atoms with E-state index in [0.29, 0.717) is 5.03 Å². The maximum absolute atomic E-state index is 13.3. The van der Waals surface area contributed by atoms with E-state index in [2.05, 4.69) is 4.74 Å². The largest absolute Gasteiger partial charge is 0.573 e. The third-order valence-electron chi connectivity index (χ3n) is 2.34. The molecule has 0 saturated heterocycles. The Morgan fingerprint density at radius 1 is 1.48 bits per heavy atom. The van der Waals surface area contributed by atoms with Gasteiger partial charge in [0, 0.05) is 16.8 Å². The van der Waals surface area contributed by atoms with Crippen LogP contribution in [0, 0.1) is 5.82 Å². The minimum Gasteiger partial charge on any atom is -0.403 e. The van der Waals surface area contributed by atoms with Gasteiger partial charge in [0.25, 0.3) is 0 Å². The molecule has 116 valence electrons. The third kappa shape index (κ3) is 5.39. The topological polar surface area (TPSA) is 38.5 Å². The first-order valence-corrected chi connectivity index (χ1v) is 6.35. The highest BCUT2D eigenvalue weighted by molar-refractivity contribution is 7.80. The van der Waals surface area contributed by atoms with E-state index in [0.717, 1.165) is 12.1 Å². The van der Waals surface area contributed by atoms with Crippen LogP contribution in [-0.4, -0.2) is 18.0 Å². The molecular weight excluding hydrogens is 332 g/mol. The molecule has 21 heavy (non-hydrogen) atoms. The Morgan fingerprint density at radius 3 is 2.57 bits per heavy atom. The fourth-order valence-corrected chi connectivity index (χ4v) is 1.69. The quantitative estimate of drug-likeness (QED) is 0.665. The molecule has 0 saturated carbocycles. The Bertz CT molecular complexity index is 563. The number of ether oxygens (including phenoxy) is 1. The fourth-order valence-electron chi connectivity index (χ4n) is 1.40. The predicted molar refractivity (Wildman–Crippen MR) is 76.8 cm³/mol. The van der Waals surface area contributed by atoms with Crippen LogP contribution in [0.1, 0.15) is 6.92 Å². The molecule has 0 atom stereocenters. The number of halogens is 5. The van der Waals surface area contributed by atoms with Crippen LogP contribution in [0.2, 0.25) is 0 Å². The van der Waals surface area contributed by atoms with E-state index in [4.69, 9.17) is 29.6 Å². The fraction of sp³-hybridized carbons (Fsp3) is 0.250. The van der Waals surface area contributed by atoms with Crippen LogP contribution in [0.5, 0.6) is 5.75 Å². The first-order chi connectivity index (χ1) is 9.64. The number of anilines is 1. The molecule has 3 nitrogen and oxygen atoms in total. The van der Waals surface area contributed by atoms with Crippen molar-refractivity contribution in [3.8, 4) is 5.75 Å². The van der Waals surface area contributed by atoms with Gasteiger partial charge in [-0.3, -0.25) is 0 Å². The van der Waals surface area contributed by atoms with Gasteiger partial charge in [0.05, 0.1) is 6.54 Å². The summed E-state index contributed by atoms with van der Waals surface area (Å²) in [5.41, 5.74) is 5.63. The Hall–Kier alpha value is -1.54. The van der Waals surface area contributed by atoms with Gasteiger partial charge in [-0.1, -0.05) is 17.7 Å². The van der Waals surface area contributed by atoms with Gasteiger partial charge in [-0.2, -0.15) is 0 Å². The summed E-state index contributed by atoms with van der Waals surface area (Å²) in [5.74, 6) is -2.13. The zero-order valence-electron chi connectivity index (χ0n) is 10.7. The summed E-state index contributed by atoms with van der Waals surface area (Å²) in [6, 6.07) is 2.89. The predicted octanol–water partition coefficient (Wildman–Crippen LogP) is 3.92. The van der Waals surface area contributed by atoms with Gasteiger partial charge in [0.1, 0.15) is 0 Å². The molecule has 0 bridgehead atoms. The Kier molecular flexibility index (Phi) is 5.79. The number of hydrogen-bond acceptors (Lipinski definition) is 2. The van der Waals surface area contributed by atoms with Crippen molar-refractivity contribution in [1.29, 1.82) is 0 Å². The van der Waals surface area contributed by atoms with E-state index >= 15 is 0 Å². The molecule has 0 unspecified atom stereocenters. The maximum atomic E-state index is 13.3. The standard InChI is InChI=1S/C12H11ClF4N2OS/c1-2-7(13)6-19(11(18)21)8-3-4-9(14)10(5-8)20-12(15,16)17/h2-5H,6H2,1H3,(H2,18,21). The highest BCUT2D eigenvalue weighted by atomic mass is 35.5. The number of thiocarbonyl (C=S) groups is 1. The van der Waals surface area contributed by atoms with Crippen LogP contribution in [0.4, 0.5) is 23.2 Å². The van der Waals surface area contributed by atoms with E-state index in [1.807, 2.05) is 0 Å². The lowest BCUT2D eigenvalue weighted by atomic mass is 10.2. The van der Waals surface area contributed by atoms with Gasteiger partial charge >= 0.3 is 6.36 Å². The van der Waals surface area contributed by atoms with Gasteiger partial charge in [0.15, 0.2) is 16.7 Å². The van der Waals surface area contributed by atoms with E-state index in [1.54, 1.807) is 13.0 Å². The second kappa shape index (κ2) is 6.95. The van der Waals surface area contributed by atoms with Crippen molar-refractivity contribution in [2.45, 2.75) is 13.3 Å². The van der Waals surface area contributed by atoms with Crippen molar-refractivity contribution in [3.05, 3.63) is 35.1 Å². The molecule has 0 heterocycles. The molecule has 0 aliphatic heterocycles. The van der Waals surface area contributed by atoms with Gasteiger partial charge in [0.2, 0.25) is 0 Å². The number of nitrogens with two attached hydrogens (primary N) is 1. The second-order valence-electron chi connectivity index (χ2n) is 3.82. The molecular formula is C12H11ClF4N2OS. The molecule has 0 radical (unpaired) electrons. The monoisotopic (exact) mass is 342 g/mol. The van der Waals surface area contributed by atoms with Crippen LogP contribution in [0.25, 0.3) is 0 Å². The average molecular weight is 343 g/mol. The van der Waals surface area contributed by atoms with E-state index < -0.39 is 17.9 Å². The number of hydrogen-bond donors (Lipinski definition) is 1. The van der Waals surface area contributed by atoms with Crippen molar-refractivity contribution >= 4 is 34.6 Å². The maximum Gasteiger partial charge on any atom is 0.573 e. The summed E-state index contributed by atoms with van der Waals surface area (Å²) in [5, 5.41) is 0.241.